The van der Waals surface area contributed by atoms with Gasteiger partial charge in [0.25, 0.3) is 0 Å². The first-order chi connectivity index (χ1) is 14.7. The molecule has 0 saturated carbocycles. The van der Waals surface area contributed by atoms with Crippen molar-refractivity contribution in [2.75, 3.05) is 40.3 Å². The van der Waals surface area contributed by atoms with E-state index in [1.54, 1.807) is 18.2 Å². The van der Waals surface area contributed by atoms with Crippen molar-refractivity contribution in [3.63, 3.8) is 0 Å². The summed E-state index contributed by atoms with van der Waals surface area (Å²) in [4.78, 5) is 17.3. The van der Waals surface area contributed by atoms with Crippen LogP contribution in [-0.2, 0) is 19.6 Å². The lowest BCUT2D eigenvalue weighted by Crippen LogP contribution is -2.50. The largest absolute Gasteiger partial charge is 0.495 e. The maximum absolute atomic E-state index is 12.9. The number of benzene rings is 1. The van der Waals surface area contributed by atoms with Gasteiger partial charge in [0.2, 0.25) is 15.9 Å². The molecule has 1 aromatic rings. The van der Waals surface area contributed by atoms with Gasteiger partial charge in [-0.15, -0.1) is 0 Å². The standard InChI is InChI=1S/C22H33N3O5S/c1-16-13-24(14-17(2)30-16)15-19-6-5-11-25(19)22(26)10-8-18-7-9-20(29-4)21(12-18)31(27,28)23-3/h7-10,12,16-17,19,23H,5-6,11,13-15H2,1-4H3/b10-8+. The minimum atomic E-state index is -3.67. The molecule has 2 fully saturated rings. The van der Waals surface area contributed by atoms with E-state index < -0.39 is 10.0 Å². The number of morpholine rings is 1. The molecule has 0 aromatic heterocycles. The Bertz CT molecular complexity index is 908. The molecular formula is C22H33N3O5S. The smallest absolute Gasteiger partial charge is 0.246 e. The van der Waals surface area contributed by atoms with E-state index in [2.05, 4.69) is 23.5 Å². The molecular weight excluding hydrogens is 418 g/mol. The number of hydrogen-bond acceptors (Lipinski definition) is 6. The number of amides is 1. The fourth-order valence-electron chi connectivity index (χ4n) is 4.43. The second-order valence-corrected chi connectivity index (χ2v) is 10.1. The van der Waals surface area contributed by atoms with Crippen molar-refractivity contribution in [3.05, 3.63) is 29.8 Å². The maximum atomic E-state index is 12.9. The van der Waals surface area contributed by atoms with Crippen LogP contribution in [0.15, 0.2) is 29.2 Å². The van der Waals surface area contributed by atoms with E-state index in [-0.39, 0.29) is 34.8 Å². The van der Waals surface area contributed by atoms with Crippen LogP contribution in [0.4, 0.5) is 0 Å². The van der Waals surface area contributed by atoms with Gasteiger partial charge in [-0.3, -0.25) is 9.69 Å². The molecule has 0 radical (unpaired) electrons. The van der Waals surface area contributed by atoms with E-state index in [0.717, 1.165) is 39.0 Å². The SMILES string of the molecule is CNS(=O)(=O)c1cc(/C=C/C(=O)N2CCCC2CN2CC(C)OC(C)C2)ccc1OC. The van der Waals surface area contributed by atoms with Crippen LogP contribution in [0.3, 0.4) is 0 Å². The van der Waals surface area contributed by atoms with Crippen molar-refractivity contribution in [1.82, 2.24) is 14.5 Å². The van der Waals surface area contributed by atoms with Crippen LogP contribution in [0.5, 0.6) is 5.75 Å². The highest BCUT2D eigenvalue weighted by Crippen LogP contribution is 2.26. The van der Waals surface area contributed by atoms with Gasteiger partial charge in [-0.25, -0.2) is 13.1 Å². The summed E-state index contributed by atoms with van der Waals surface area (Å²) in [5.74, 6) is 0.206. The van der Waals surface area contributed by atoms with E-state index >= 15 is 0 Å². The highest BCUT2D eigenvalue weighted by Gasteiger charge is 2.31. The Morgan fingerprint density at radius 1 is 1.29 bits per heavy atom. The number of likely N-dealkylation sites (tertiary alicyclic amines) is 1. The summed E-state index contributed by atoms with van der Waals surface area (Å²) in [6.07, 6.45) is 5.57. The third kappa shape index (κ3) is 5.85. The van der Waals surface area contributed by atoms with E-state index in [1.165, 1.54) is 26.3 Å². The van der Waals surface area contributed by atoms with Crippen molar-refractivity contribution in [3.8, 4) is 5.75 Å². The molecule has 9 heteroatoms. The van der Waals surface area contributed by atoms with E-state index in [0.29, 0.717) is 5.56 Å². The first kappa shape index (κ1) is 23.7. The highest BCUT2D eigenvalue weighted by atomic mass is 32.2. The molecule has 31 heavy (non-hydrogen) atoms. The van der Waals surface area contributed by atoms with Gasteiger partial charge in [0.1, 0.15) is 10.6 Å². The van der Waals surface area contributed by atoms with Crippen molar-refractivity contribution in [2.24, 2.45) is 0 Å². The van der Waals surface area contributed by atoms with Crippen LogP contribution in [0, 0.1) is 0 Å². The van der Waals surface area contributed by atoms with Crippen LogP contribution in [-0.4, -0.2) is 82.7 Å². The summed E-state index contributed by atoms with van der Waals surface area (Å²) in [6.45, 7) is 7.53. The minimum Gasteiger partial charge on any atom is -0.495 e. The number of hydrogen-bond donors (Lipinski definition) is 1. The second kappa shape index (κ2) is 10.1. The Morgan fingerprint density at radius 3 is 2.65 bits per heavy atom. The van der Waals surface area contributed by atoms with Gasteiger partial charge in [-0.05, 0) is 57.5 Å². The molecule has 3 rings (SSSR count). The molecule has 2 aliphatic heterocycles. The van der Waals surface area contributed by atoms with Gasteiger partial charge < -0.3 is 14.4 Å². The number of ether oxygens (including phenoxy) is 2. The van der Waals surface area contributed by atoms with Crippen LogP contribution >= 0.6 is 0 Å². The normalized spacial score (nSPS) is 25.3. The molecule has 1 aromatic carbocycles. The van der Waals surface area contributed by atoms with Crippen LogP contribution < -0.4 is 9.46 Å². The highest BCUT2D eigenvalue weighted by molar-refractivity contribution is 7.89. The van der Waals surface area contributed by atoms with Crippen molar-refractivity contribution in [1.29, 1.82) is 0 Å². The molecule has 2 aliphatic rings. The summed E-state index contributed by atoms with van der Waals surface area (Å²) < 4.78 is 37.8. The first-order valence-corrected chi connectivity index (χ1v) is 12.2. The number of nitrogens with one attached hydrogen (secondary N) is 1. The van der Waals surface area contributed by atoms with Crippen molar-refractivity contribution >= 4 is 22.0 Å². The number of methoxy groups -OCH3 is 1. The molecule has 0 bridgehead atoms. The number of carbonyl (C=O) groups is 1. The quantitative estimate of drug-likeness (QED) is 0.635. The monoisotopic (exact) mass is 451 g/mol. The molecule has 3 unspecified atom stereocenters. The van der Waals surface area contributed by atoms with Gasteiger partial charge in [0, 0.05) is 38.3 Å². The van der Waals surface area contributed by atoms with E-state index in [1.807, 2.05) is 4.90 Å². The first-order valence-electron chi connectivity index (χ1n) is 10.7. The fraction of sp³-hybridized carbons (Fsp3) is 0.591. The molecule has 8 nitrogen and oxygen atoms in total. The Labute approximate surface area is 185 Å². The molecule has 1 N–H and O–H groups in total. The lowest BCUT2D eigenvalue weighted by atomic mass is 10.1. The minimum absolute atomic E-state index is 0.0432. The fourth-order valence-corrected chi connectivity index (χ4v) is 5.35. The number of sulfonamides is 1. The molecule has 3 atom stereocenters. The lowest BCUT2D eigenvalue weighted by Gasteiger charge is -2.38. The van der Waals surface area contributed by atoms with Crippen LogP contribution in [0.1, 0.15) is 32.3 Å². The van der Waals surface area contributed by atoms with Crippen molar-refractivity contribution < 1.29 is 22.7 Å². The van der Waals surface area contributed by atoms with Crippen molar-refractivity contribution in [2.45, 2.75) is 49.8 Å². The topological polar surface area (TPSA) is 88.2 Å². The average molecular weight is 452 g/mol. The predicted octanol–water partition coefficient (Wildman–Crippen LogP) is 1.72. The number of nitrogens with zero attached hydrogens (tertiary/aromatic N) is 2. The van der Waals surface area contributed by atoms with Crippen LogP contribution in [0.25, 0.3) is 6.08 Å². The zero-order valence-corrected chi connectivity index (χ0v) is 19.5. The third-order valence-corrected chi connectivity index (χ3v) is 7.22. The van der Waals surface area contributed by atoms with Crippen LogP contribution in [0.2, 0.25) is 0 Å². The van der Waals surface area contributed by atoms with Gasteiger partial charge in [0.05, 0.1) is 19.3 Å². The zero-order valence-electron chi connectivity index (χ0n) is 18.7. The summed E-state index contributed by atoms with van der Waals surface area (Å²) in [7, 11) is -0.897. The Balaban J connectivity index is 1.69. The summed E-state index contributed by atoms with van der Waals surface area (Å²) in [6, 6.07) is 5.01. The molecule has 0 aliphatic carbocycles. The van der Waals surface area contributed by atoms with Gasteiger partial charge in [-0.2, -0.15) is 0 Å². The Kier molecular flexibility index (Phi) is 7.74. The summed E-state index contributed by atoms with van der Waals surface area (Å²) in [5, 5.41) is 0. The summed E-state index contributed by atoms with van der Waals surface area (Å²) >= 11 is 0. The Morgan fingerprint density at radius 2 is 2.00 bits per heavy atom. The molecule has 0 spiro atoms. The zero-order chi connectivity index (χ0) is 22.6. The molecule has 2 heterocycles. The van der Waals surface area contributed by atoms with Gasteiger partial charge in [0.15, 0.2) is 0 Å². The average Bonchev–Trinajstić information content (AvgIpc) is 3.19. The third-order valence-electron chi connectivity index (χ3n) is 5.79. The number of carbonyl (C=O) groups excluding carboxylic acids is 1. The molecule has 1 amide bonds. The maximum Gasteiger partial charge on any atom is 0.246 e. The predicted molar refractivity (Wildman–Crippen MR) is 119 cm³/mol. The van der Waals surface area contributed by atoms with Gasteiger partial charge >= 0.3 is 0 Å². The summed E-state index contributed by atoms with van der Waals surface area (Å²) in [5.41, 5.74) is 0.620. The van der Waals surface area contributed by atoms with E-state index in [4.69, 9.17) is 9.47 Å². The molecule has 172 valence electrons. The van der Waals surface area contributed by atoms with E-state index in [9.17, 15) is 13.2 Å². The lowest BCUT2D eigenvalue weighted by molar-refractivity contribution is -0.127. The molecule has 2 saturated heterocycles. The second-order valence-electron chi connectivity index (χ2n) is 8.25. The van der Waals surface area contributed by atoms with Gasteiger partial charge in [-0.1, -0.05) is 6.07 Å². The Hall–Kier alpha value is -1.94. The number of rotatable bonds is 7.